The van der Waals surface area contributed by atoms with Crippen LogP contribution in [0.25, 0.3) is 0 Å². The number of hydrogen-bond donors (Lipinski definition) is 3. The first-order valence-corrected chi connectivity index (χ1v) is 9.94. The first-order valence-electron chi connectivity index (χ1n) is 9.94. The smallest absolute Gasteiger partial charge is 0.372 e. The minimum absolute atomic E-state index is 0.00196. The first-order chi connectivity index (χ1) is 14.6. The number of Topliss-reactive ketones (excluding diaryl/α,β-unsaturated/α-hetero) is 1. The van der Waals surface area contributed by atoms with E-state index in [0.29, 0.717) is 0 Å². The van der Waals surface area contributed by atoms with Gasteiger partial charge in [-0.25, -0.2) is 4.79 Å². The molecule has 0 radical (unpaired) electrons. The fourth-order valence-electron chi connectivity index (χ4n) is 3.88. The molecule has 1 heterocycles. The van der Waals surface area contributed by atoms with E-state index in [1.54, 1.807) is 30.3 Å². The normalized spacial score (nSPS) is 23.6. The Kier molecular flexibility index (Phi) is 6.26. The summed E-state index contributed by atoms with van der Waals surface area (Å²) in [6, 6.07) is 11.3. The van der Waals surface area contributed by atoms with Crippen molar-refractivity contribution in [1.82, 2.24) is 10.6 Å². The number of halogens is 3. The van der Waals surface area contributed by atoms with Crippen LogP contribution in [-0.2, 0) is 0 Å². The molecule has 0 spiro atoms. The molecule has 9 heteroatoms. The van der Waals surface area contributed by atoms with Gasteiger partial charge >= 0.3 is 12.2 Å². The second kappa shape index (κ2) is 8.58. The van der Waals surface area contributed by atoms with Crippen LogP contribution in [0.1, 0.15) is 35.8 Å². The molecule has 0 saturated carbocycles. The highest BCUT2D eigenvalue weighted by Gasteiger charge is 2.66. The average molecular weight is 435 g/mol. The lowest BCUT2D eigenvalue weighted by atomic mass is 9.77. The second-order valence-corrected chi connectivity index (χ2v) is 7.31. The number of carbonyl (C=O) groups excluding carboxylic acids is 2. The van der Waals surface area contributed by atoms with Crippen LogP contribution in [0.5, 0.6) is 0 Å². The van der Waals surface area contributed by atoms with E-state index in [4.69, 9.17) is 0 Å². The maximum Gasteiger partial charge on any atom is 0.437 e. The molecule has 0 unspecified atom stereocenters. The van der Waals surface area contributed by atoms with Gasteiger partial charge in [0.1, 0.15) is 5.92 Å². The molecule has 0 aliphatic carbocycles. The highest BCUT2D eigenvalue weighted by Crippen LogP contribution is 2.44. The van der Waals surface area contributed by atoms with Crippen LogP contribution in [0, 0.1) is 5.92 Å². The van der Waals surface area contributed by atoms with E-state index >= 15 is 0 Å². The van der Waals surface area contributed by atoms with Crippen molar-refractivity contribution >= 4 is 17.5 Å². The van der Waals surface area contributed by atoms with Gasteiger partial charge in [-0.2, -0.15) is 13.2 Å². The molecule has 3 N–H and O–H groups in total. The Hall–Kier alpha value is -3.07. The van der Waals surface area contributed by atoms with Crippen LogP contribution in [0.2, 0.25) is 0 Å². The van der Waals surface area contributed by atoms with E-state index in [0.717, 1.165) is 18.8 Å². The third kappa shape index (κ3) is 4.23. The van der Waals surface area contributed by atoms with E-state index in [1.807, 2.05) is 18.7 Å². The fourth-order valence-corrected chi connectivity index (χ4v) is 3.88. The van der Waals surface area contributed by atoms with Crippen molar-refractivity contribution in [3.8, 4) is 0 Å². The molecule has 31 heavy (non-hydrogen) atoms. The van der Waals surface area contributed by atoms with Crippen molar-refractivity contribution in [2.24, 2.45) is 5.92 Å². The van der Waals surface area contributed by atoms with E-state index in [2.05, 4.69) is 5.32 Å². The molecule has 2 aromatic rings. The van der Waals surface area contributed by atoms with Crippen LogP contribution >= 0.6 is 0 Å². The number of aliphatic hydroxyl groups is 1. The monoisotopic (exact) mass is 435 g/mol. The Morgan fingerprint density at radius 2 is 1.65 bits per heavy atom. The molecule has 3 rings (SSSR count). The minimum Gasteiger partial charge on any atom is -0.372 e. The van der Waals surface area contributed by atoms with Crippen LogP contribution in [0.4, 0.5) is 23.7 Å². The van der Waals surface area contributed by atoms with Crippen molar-refractivity contribution in [1.29, 1.82) is 0 Å². The quantitative estimate of drug-likeness (QED) is 0.606. The van der Waals surface area contributed by atoms with Crippen molar-refractivity contribution in [3.63, 3.8) is 0 Å². The van der Waals surface area contributed by atoms with Gasteiger partial charge in [-0.05, 0) is 31.5 Å². The predicted molar refractivity (Wildman–Crippen MR) is 110 cm³/mol. The van der Waals surface area contributed by atoms with Crippen molar-refractivity contribution in [2.45, 2.75) is 31.8 Å². The molecular formula is C22H24F3N3O3. The molecule has 6 nitrogen and oxygen atoms in total. The summed E-state index contributed by atoms with van der Waals surface area (Å²) >= 11 is 0. The number of rotatable bonds is 6. The number of anilines is 1. The molecule has 0 aromatic heterocycles. The van der Waals surface area contributed by atoms with Crippen molar-refractivity contribution in [2.75, 3.05) is 18.0 Å². The molecule has 1 aliphatic rings. The number of amides is 2. The lowest BCUT2D eigenvalue weighted by Gasteiger charge is -2.45. The van der Waals surface area contributed by atoms with Gasteiger partial charge in [0, 0.05) is 24.3 Å². The van der Waals surface area contributed by atoms with E-state index in [1.165, 1.54) is 29.6 Å². The lowest BCUT2D eigenvalue weighted by molar-refractivity contribution is -0.287. The Labute approximate surface area is 178 Å². The molecule has 1 saturated heterocycles. The van der Waals surface area contributed by atoms with Crippen LogP contribution in [0.15, 0.2) is 54.6 Å². The maximum atomic E-state index is 13.9. The Bertz CT molecular complexity index is 931. The number of hydrogen-bond acceptors (Lipinski definition) is 4. The van der Waals surface area contributed by atoms with Gasteiger partial charge in [0.2, 0.25) is 5.72 Å². The summed E-state index contributed by atoms with van der Waals surface area (Å²) in [5, 5.41) is 14.5. The molecular weight excluding hydrogens is 411 g/mol. The molecule has 1 fully saturated rings. The summed E-state index contributed by atoms with van der Waals surface area (Å²) in [5.41, 5.74) is -2.60. The van der Waals surface area contributed by atoms with Gasteiger partial charge in [-0.3, -0.25) is 4.79 Å². The van der Waals surface area contributed by atoms with Gasteiger partial charge in [0.05, 0.1) is 6.04 Å². The lowest BCUT2D eigenvalue weighted by Crippen LogP contribution is -2.72. The summed E-state index contributed by atoms with van der Waals surface area (Å²) in [5.74, 6) is -2.97. The fraction of sp³-hybridized carbons (Fsp3) is 0.364. The van der Waals surface area contributed by atoms with E-state index in [9.17, 15) is 27.9 Å². The van der Waals surface area contributed by atoms with Gasteiger partial charge in [0.15, 0.2) is 5.78 Å². The zero-order valence-corrected chi connectivity index (χ0v) is 17.1. The Morgan fingerprint density at radius 3 is 2.16 bits per heavy atom. The Morgan fingerprint density at radius 1 is 1.06 bits per heavy atom. The van der Waals surface area contributed by atoms with Crippen LogP contribution < -0.4 is 15.5 Å². The largest absolute Gasteiger partial charge is 0.437 e. The number of nitrogens with one attached hydrogen (secondary N) is 2. The number of carbonyl (C=O) groups is 2. The van der Waals surface area contributed by atoms with Crippen molar-refractivity contribution < 1.29 is 27.9 Å². The summed E-state index contributed by atoms with van der Waals surface area (Å²) in [6.45, 7) is 5.43. The highest BCUT2D eigenvalue weighted by atomic mass is 19.4. The SMILES string of the molecule is CCN(CC)c1ccc([C@H]2NC(=O)N[C@@](O)(C(F)(F)F)[C@@H]2C(=O)c2ccccc2)cc1. The summed E-state index contributed by atoms with van der Waals surface area (Å²) in [7, 11) is 0. The summed E-state index contributed by atoms with van der Waals surface area (Å²) in [6.07, 6.45) is -5.28. The molecule has 1 aliphatic heterocycles. The van der Waals surface area contributed by atoms with Gasteiger partial charge in [-0.15, -0.1) is 0 Å². The van der Waals surface area contributed by atoms with Crippen LogP contribution in [-0.4, -0.2) is 41.9 Å². The van der Waals surface area contributed by atoms with Gasteiger partial charge in [-0.1, -0.05) is 42.5 Å². The number of alkyl halides is 3. The van der Waals surface area contributed by atoms with Gasteiger partial charge < -0.3 is 20.6 Å². The average Bonchev–Trinajstić information content (AvgIpc) is 2.74. The topological polar surface area (TPSA) is 81.7 Å². The predicted octanol–water partition coefficient (Wildman–Crippen LogP) is 3.64. The van der Waals surface area contributed by atoms with E-state index < -0.39 is 35.7 Å². The standard InChI is InChI=1S/C22H24F3N3O3/c1-3-28(4-2)16-12-10-14(11-13-16)18-17(19(29)15-8-6-5-7-9-15)21(31,22(23,24)25)27-20(30)26-18/h5-13,17-18,31H,3-4H2,1-2H3,(H2,26,27,30)/t17-,18+,21-/m0/s1. The number of nitrogens with zero attached hydrogens (tertiary/aromatic N) is 1. The third-order valence-electron chi connectivity index (χ3n) is 5.53. The number of benzene rings is 2. The molecule has 2 amide bonds. The minimum atomic E-state index is -5.28. The maximum absolute atomic E-state index is 13.9. The number of urea groups is 1. The third-order valence-corrected chi connectivity index (χ3v) is 5.53. The highest BCUT2D eigenvalue weighted by molar-refractivity contribution is 6.00. The number of ketones is 1. The Balaban J connectivity index is 2.09. The van der Waals surface area contributed by atoms with Crippen molar-refractivity contribution in [3.05, 3.63) is 65.7 Å². The zero-order chi connectivity index (χ0) is 22.8. The molecule has 3 atom stereocenters. The molecule has 166 valence electrons. The molecule has 2 aromatic carbocycles. The first kappa shape index (κ1) is 22.6. The summed E-state index contributed by atoms with van der Waals surface area (Å²) < 4.78 is 41.8. The zero-order valence-electron chi connectivity index (χ0n) is 17.1. The second-order valence-electron chi connectivity index (χ2n) is 7.31. The van der Waals surface area contributed by atoms with Gasteiger partial charge in [0.25, 0.3) is 0 Å². The van der Waals surface area contributed by atoms with E-state index in [-0.39, 0.29) is 11.1 Å². The summed E-state index contributed by atoms with van der Waals surface area (Å²) in [4.78, 5) is 27.3. The molecule has 0 bridgehead atoms. The van der Waals surface area contributed by atoms with Crippen LogP contribution in [0.3, 0.4) is 0 Å².